The van der Waals surface area contributed by atoms with E-state index in [0.717, 1.165) is 30.0 Å². The maximum atomic E-state index is 13.9. The number of ether oxygens (including phenoxy) is 2. The lowest BCUT2D eigenvalue weighted by atomic mass is 9.80. The summed E-state index contributed by atoms with van der Waals surface area (Å²) < 4.78 is 38.7. The molecule has 2 saturated heterocycles. The maximum absolute atomic E-state index is 13.9. The fourth-order valence-corrected chi connectivity index (χ4v) is 5.14. The van der Waals surface area contributed by atoms with E-state index in [9.17, 15) is 18.7 Å². The first kappa shape index (κ1) is 18.3. The lowest BCUT2D eigenvalue weighted by molar-refractivity contribution is -0.118. The Morgan fingerprint density at radius 1 is 1.07 bits per heavy atom. The Bertz CT molecular complexity index is 1050. The molecule has 2 aliphatic heterocycles. The maximum Gasteiger partial charge on any atom is 0.201 e. The van der Waals surface area contributed by atoms with Crippen LogP contribution >= 0.6 is 0 Å². The molecule has 2 heterocycles. The van der Waals surface area contributed by atoms with Gasteiger partial charge in [0.1, 0.15) is 11.5 Å². The number of aliphatic hydroxyl groups is 1. The standard InChI is InChI=1S/C23H20F2O4/c1-10-8-12(28-16-5-3-4-13(24)21(16)25)9-11(2)17(10)20-22(26)18-14-6-7-15(29-14)19(18)23(20)27/h3-5,8-9,14-15,18-19,26H,6-7H2,1-2H3/t14-,15+,18+,19-/m0/s1. The first-order chi connectivity index (χ1) is 13.9. The number of aliphatic hydroxyl groups excluding tert-OH is 1. The van der Waals surface area contributed by atoms with Gasteiger partial charge in [-0.1, -0.05) is 6.07 Å². The van der Waals surface area contributed by atoms with E-state index in [1.165, 1.54) is 12.1 Å². The Labute approximate surface area is 166 Å². The highest BCUT2D eigenvalue weighted by Crippen LogP contribution is 2.54. The van der Waals surface area contributed by atoms with Crippen LogP contribution in [-0.4, -0.2) is 23.1 Å². The van der Waals surface area contributed by atoms with Gasteiger partial charge >= 0.3 is 0 Å². The normalized spacial score (nSPS) is 27.7. The van der Waals surface area contributed by atoms with Crippen molar-refractivity contribution in [2.75, 3.05) is 0 Å². The first-order valence-corrected chi connectivity index (χ1v) is 9.73. The summed E-state index contributed by atoms with van der Waals surface area (Å²) in [5, 5.41) is 10.9. The van der Waals surface area contributed by atoms with Gasteiger partial charge in [-0.2, -0.15) is 4.39 Å². The van der Waals surface area contributed by atoms with E-state index in [1.54, 1.807) is 12.1 Å². The molecule has 0 radical (unpaired) electrons. The SMILES string of the molecule is Cc1cc(Oc2cccc(F)c2F)cc(C)c1C1=C(O)[C@H]2[C@@H](C1=O)[C@H]1CC[C@@H]2O1. The molecule has 6 heteroatoms. The number of carbonyl (C=O) groups excluding carboxylic acids is 1. The van der Waals surface area contributed by atoms with E-state index in [2.05, 4.69) is 0 Å². The second-order valence-corrected chi connectivity index (χ2v) is 8.05. The molecule has 0 spiro atoms. The molecule has 5 rings (SSSR count). The zero-order valence-electron chi connectivity index (χ0n) is 16.0. The summed E-state index contributed by atoms with van der Waals surface area (Å²) in [5.74, 6) is -2.43. The minimum absolute atomic E-state index is 0.0734. The predicted octanol–water partition coefficient (Wildman–Crippen LogP) is 5.02. The van der Waals surface area contributed by atoms with Gasteiger partial charge in [-0.15, -0.1) is 0 Å². The summed E-state index contributed by atoms with van der Waals surface area (Å²) in [7, 11) is 0. The zero-order valence-corrected chi connectivity index (χ0v) is 16.0. The van der Waals surface area contributed by atoms with E-state index in [4.69, 9.17) is 9.47 Å². The van der Waals surface area contributed by atoms with Crippen LogP contribution in [0, 0.1) is 37.3 Å². The van der Waals surface area contributed by atoms with Crippen molar-refractivity contribution in [1.29, 1.82) is 0 Å². The number of allylic oxidation sites excluding steroid dienone is 1. The molecular weight excluding hydrogens is 378 g/mol. The van der Waals surface area contributed by atoms with Crippen LogP contribution in [0.15, 0.2) is 36.1 Å². The van der Waals surface area contributed by atoms with Crippen molar-refractivity contribution in [2.24, 2.45) is 11.8 Å². The molecule has 0 aromatic heterocycles. The molecule has 4 nitrogen and oxygen atoms in total. The van der Waals surface area contributed by atoms with E-state index in [0.29, 0.717) is 16.9 Å². The van der Waals surface area contributed by atoms with Gasteiger partial charge in [0.25, 0.3) is 0 Å². The molecule has 2 bridgehead atoms. The quantitative estimate of drug-likeness (QED) is 0.789. The number of hydrogen-bond donors (Lipinski definition) is 1. The highest BCUT2D eigenvalue weighted by Gasteiger charge is 2.59. The van der Waals surface area contributed by atoms with Gasteiger partial charge in [0.15, 0.2) is 17.3 Å². The highest BCUT2D eigenvalue weighted by molar-refractivity contribution is 6.26. The van der Waals surface area contributed by atoms with E-state index in [1.807, 2.05) is 13.8 Å². The molecule has 150 valence electrons. The van der Waals surface area contributed by atoms with Crippen LogP contribution in [0.5, 0.6) is 11.5 Å². The Kier molecular flexibility index (Phi) is 4.03. The summed E-state index contributed by atoms with van der Waals surface area (Å²) in [6, 6.07) is 7.08. The number of Topliss-reactive ketones (excluding diaryl/α,β-unsaturated/α-hetero) is 1. The number of aryl methyl sites for hydroxylation is 2. The van der Waals surface area contributed by atoms with E-state index >= 15 is 0 Å². The van der Waals surface area contributed by atoms with E-state index < -0.39 is 11.6 Å². The topological polar surface area (TPSA) is 55.8 Å². The minimum Gasteiger partial charge on any atom is -0.511 e. The summed E-state index contributed by atoms with van der Waals surface area (Å²) in [4.78, 5) is 13.1. The highest BCUT2D eigenvalue weighted by atomic mass is 19.2. The average molecular weight is 398 g/mol. The first-order valence-electron chi connectivity index (χ1n) is 9.73. The van der Waals surface area contributed by atoms with Crippen LogP contribution in [0.1, 0.15) is 29.5 Å². The summed E-state index contributed by atoms with van der Waals surface area (Å²) in [5.41, 5.74) is 2.48. The number of ketones is 1. The Morgan fingerprint density at radius 3 is 2.38 bits per heavy atom. The average Bonchev–Trinajstić information content (AvgIpc) is 3.34. The molecule has 4 atom stereocenters. The number of fused-ring (bicyclic) bond motifs is 5. The van der Waals surface area contributed by atoms with Crippen molar-refractivity contribution in [3.8, 4) is 11.5 Å². The van der Waals surface area contributed by atoms with Crippen molar-refractivity contribution in [1.82, 2.24) is 0 Å². The lowest BCUT2D eigenvalue weighted by Crippen LogP contribution is -2.29. The van der Waals surface area contributed by atoms with Crippen molar-refractivity contribution >= 4 is 11.4 Å². The molecular formula is C23H20F2O4. The van der Waals surface area contributed by atoms with Crippen LogP contribution in [0.2, 0.25) is 0 Å². The van der Waals surface area contributed by atoms with Crippen LogP contribution in [0.4, 0.5) is 8.78 Å². The van der Waals surface area contributed by atoms with Gasteiger partial charge < -0.3 is 14.6 Å². The fraction of sp³-hybridized carbons (Fsp3) is 0.348. The molecule has 2 fully saturated rings. The molecule has 2 aromatic rings. The second kappa shape index (κ2) is 6.39. The molecule has 3 aliphatic rings. The number of hydrogen-bond acceptors (Lipinski definition) is 4. The Hall–Kier alpha value is -2.73. The molecule has 0 unspecified atom stereocenters. The van der Waals surface area contributed by atoms with Gasteiger partial charge in [0.05, 0.1) is 29.6 Å². The van der Waals surface area contributed by atoms with Gasteiger partial charge in [0.2, 0.25) is 5.82 Å². The summed E-state index contributed by atoms with van der Waals surface area (Å²) in [6.07, 6.45) is 1.50. The summed E-state index contributed by atoms with van der Waals surface area (Å²) >= 11 is 0. The molecule has 1 N–H and O–H groups in total. The second-order valence-electron chi connectivity index (χ2n) is 8.05. The molecule has 1 aliphatic carbocycles. The smallest absolute Gasteiger partial charge is 0.201 e. The minimum atomic E-state index is -1.05. The lowest BCUT2D eigenvalue weighted by Gasteiger charge is -2.19. The molecule has 29 heavy (non-hydrogen) atoms. The van der Waals surface area contributed by atoms with Crippen LogP contribution in [0.25, 0.3) is 5.57 Å². The van der Waals surface area contributed by atoms with Crippen molar-refractivity contribution in [3.63, 3.8) is 0 Å². The number of carbonyl (C=O) groups is 1. The zero-order chi connectivity index (χ0) is 20.4. The largest absolute Gasteiger partial charge is 0.511 e. The third-order valence-corrected chi connectivity index (χ3v) is 6.29. The van der Waals surface area contributed by atoms with Crippen LogP contribution in [-0.2, 0) is 9.53 Å². The van der Waals surface area contributed by atoms with Gasteiger partial charge in [-0.25, -0.2) is 4.39 Å². The number of rotatable bonds is 3. The predicted molar refractivity (Wildman–Crippen MR) is 102 cm³/mol. The number of halogens is 2. The Morgan fingerprint density at radius 2 is 1.72 bits per heavy atom. The van der Waals surface area contributed by atoms with Crippen molar-refractivity contribution in [2.45, 2.75) is 38.9 Å². The van der Waals surface area contributed by atoms with Crippen LogP contribution in [0.3, 0.4) is 0 Å². The van der Waals surface area contributed by atoms with E-state index in [-0.39, 0.29) is 41.3 Å². The fourth-order valence-electron chi connectivity index (χ4n) is 5.14. The number of benzene rings is 2. The van der Waals surface area contributed by atoms with Gasteiger partial charge in [-0.05, 0) is 67.6 Å². The molecule has 2 aromatic carbocycles. The Balaban J connectivity index is 1.52. The molecule has 0 amide bonds. The third-order valence-electron chi connectivity index (χ3n) is 6.29. The van der Waals surface area contributed by atoms with Crippen LogP contribution < -0.4 is 4.74 Å². The van der Waals surface area contributed by atoms with Crippen molar-refractivity contribution in [3.05, 3.63) is 64.4 Å². The van der Waals surface area contributed by atoms with Gasteiger partial charge in [-0.3, -0.25) is 4.79 Å². The van der Waals surface area contributed by atoms with Crippen molar-refractivity contribution < 1.29 is 28.2 Å². The van der Waals surface area contributed by atoms with Gasteiger partial charge in [0, 0.05) is 0 Å². The third kappa shape index (κ3) is 2.62. The monoisotopic (exact) mass is 398 g/mol. The molecule has 0 saturated carbocycles. The summed E-state index contributed by atoms with van der Waals surface area (Å²) in [6.45, 7) is 3.62.